The molecule has 3 aromatic carbocycles. The molecule has 1 aromatic heterocycles. The third-order valence-corrected chi connectivity index (χ3v) is 7.78. The van der Waals surface area contributed by atoms with Crippen LogP contribution in [0.3, 0.4) is 0 Å². The molecule has 0 amide bonds. The minimum Gasteiger partial charge on any atom is -0.320 e. The third kappa shape index (κ3) is 2.97. The SMILES string of the molecule is Cc1ccc(C)c2c1-c1n(C)cc[n+]1B1N(c3c(C(C)C)cccc3C(C)C)c3ccccc3N12. The zero-order valence-electron chi connectivity index (χ0n) is 21.9. The standard InChI is InChI=1S/C30H34BN4/c1-19(2)23-11-10-12-24(20(3)4)29(23)35-26-14-9-8-13-25(26)34-28-22(6)16-15-21(5)27(28)30-32(7)17-18-33(30)31(34)35/h8-20H,1-7H3/q+1. The highest BCUT2D eigenvalue weighted by molar-refractivity contribution is 6.67. The molecule has 0 saturated heterocycles. The number of aromatic nitrogens is 2. The molecule has 0 aliphatic carbocycles. The van der Waals surface area contributed by atoms with Crippen LogP contribution in [0, 0.1) is 13.8 Å². The average molecular weight is 461 g/mol. The maximum absolute atomic E-state index is 2.61. The number of para-hydroxylation sites is 3. The first-order chi connectivity index (χ1) is 16.8. The molecule has 35 heavy (non-hydrogen) atoms. The monoisotopic (exact) mass is 461 g/mol. The summed E-state index contributed by atoms with van der Waals surface area (Å²) in [6.07, 6.45) is 4.45. The number of anilines is 4. The number of nitrogens with zero attached hydrogens (tertiary/aromatic N) is 4. The molecule has 0 N–H and O–H groups in total. The Morgan fingerprint density at radius 2 is 1.29 bits per heavy atom. The second kappa shape index (κ2) is 7.77. The van der Waals surface area contributed by atoms with Crippen LogP contribution < -0.4 is 14.1 Å². The normalized spacial score (nSPS) is 13.9. The van der Waals surface area contributed by atoms with Gasteiger partial charge in [0.25, 0.3) is 5.82 Å². The van der Waals surface area contributed by atoms with Gasteiger partial charge in [-0.2, -0.15) is 0 Å². The second-order valence-electron chi connectivity index (χ2n) is 10.7. The topological polar surface area (TPSA) is 15.3 Å². The van der Waals surface area contributed by atoms with Gasteiger partial charge in [0.05, 0.1) is 29.7 Å². The molecule has 2 aliphatic rings. The van der Waals surface area contributed by atoms with Crippen LogP contribution in [0.4, 0.5) is 22.7 Å². The first kappa shape index (κ1) is 22.0. The fourth-order valence-electron chi connectivity index (χ4n) is 6.12. The van der Waals surface area contributed by atoms with Crippen molar-refractivity contribution in [3.63, 3.8) is 0 Å². The van der Waals surface area contributed by atoms with Gasteiger partial charge in [0.1, 0.15) is 12.4 Å². The summed E-state index contributed by atoms with van der Waals surface area (Å²) in [7, 11) is 2.16. The molecule has 6 rings (SSSR count). The Balaban J connectivity index is 1.74. The van der Waals surface area contributed by atoms with Crippen LogP contribution >= 0.6 is 0 Å². The lowest BCUT2D eigenvalue weighted by atomic mass is 9.79. The zero-order valence-corrected chi connectivity index (χ0v) is 21.9. The average Bonchev–Trinajstić information content (AvgIpc) is 3.38. The molecule has 4 aromatic rings. The number of aryl methyl sites for hydroxylation is 3. The van der Waals surface area contributed by atoms with Crippen LogP contribution in [0.15, 0.2) is 67.0 Å². The number of fused-ring (bicyclic) bond motifs is 8. The van der Waals surface area contributed by atoms with E-state index in [1.165, 1.54) is 56.4 Å². The second-order valence-corrected chi connectivity index (χ2v) is 10.7. The Morgan fingerprint density at radius 1 is 0.714 bits per heavy atom. The lowest BCUT2D eigenvalue weighted by molar-refractivity contribution is -0.526. The van der Waals surface area contributed by atoms with Crippen molar-refractivity contribution in [2.45, 2.75) is 53.4 Å². The first-order valence-corrected chi connectivity index (χ1v) is 12.8. The van der Waals surface area contributed by atoms with Crippen molar-refractivity contribution in [2.75, 3.05) is 9.62 Å². The van der Waals surface area contributed by atoms with Crippen LogP contribution in [-0.2, 0) is 7.05 Å². The van der Waals surface area contributed by atoms with Crippen LogP contribution in [0.1, 0.15) is 61.8 Å². The van der Waals surface area contributed by atoms with Crippen LogP contribution in [0.5, 0.6) is 0 Å². The molecule has 5 heteroatoms. The van der Waals surface area contributed by atoms with Crippen LogP contribution in [0.25, 0.3) is 11.4 Å². The van der Waals surface area contributed by atoms with Gasteiger partial charge >= 0.3 is 7.12 Å². The van der Waals surface area contributed by atoms with E-state index in [0.717, 1.165) is 0 Å². The van der Waals surface area contributed by atoms with Crippen molar-refractivity contribution in [1.29, 1.82) is 0 Å². The van der Waals surface area contributed by atoms with E-state index in [0.29, 0.717) is 11.8 Å². The summed E-state index contributed by atoms with van der Waals surface area (Å²) in [6, 6.07) is 20.3. The minimum absolute atomic E-state index is 0.00556. The van der Waals surface area contributed by atoms with Gasteiger partial charge < -0.3 is 9.62 Å². The van der Waals surface area contributed by atoms with Gasteiger partial charge in [-0.25, -0.2) is 4.57 Å². The molecule has 2 aliphatic heterocycles. The van der Waals surface area contributed by atoms with E-state index < -0.39 is 0 Å². The van der Waals surface area contributed by atoms with E-state index in [-0.39, 0.29) is 7.12 Å². The maximum atomic E-state index is 2.61. The Morgan fingerprint density at radius 3 is 1.89 bits per heavy atom. The van der Waals surface area contributed by atoms with Crippen LogP contribution in [0.2, 0.25) is 0 Å². The van der Waals surface area contributed by atoms with Crippen molar-refractivity contribution < 1.29 is 4.48 Å². The molecule has 0 radical (unpaired) electrons. The predicted molar refractivity (Wildman–Crippen MR) is 147 cm³/mol. The highest BCUT2D eigenvalue weighted by Gasteiger charge is 2.56. The Kier molecular flexibility index (Phi) is 4.89. The van der Waals surface area contributed by atoms with E-state index >= 15 is 0 Å². The largest absolute Gasteiger partial charge is 0.643 e. The van der Waals surface area contributed by atoms with Gasteiger partial charge in [-0.05, 0) is 60.1 Å². The summed E-state index contributed by atoms with van der Waals surface area (Å²) in [4.78, 5) is 5.18. The maximum Gasteiger partial charge on any atom is 0.643 e. The molecule has 0 fully saturated rings. The smallest absolute Gasteiger partial charge is 0.320 e. The molecular weight excluding hydrogens is 427 g/mol. The molecule has 176 valence electrons. The van der Waals surface area contributed by atoms with Crippen LogP contribution in [-0.4, -0.2) is 11.7 Å². The molecule has 3 heterocycles. The Hall–Kier alpha value is -3.47. The lowest BCUT2D eigenvalue weighted by Crippen LogP contribution is -2.68. The quantitative estimate of drug-likeness (QED) is 0.306. The number of hydrogen-bond donors (Lipinski definition) is 0. The van der Waals surface area contributed by atoms with E-state index in [1.807, 2.05) is 0 Å². The fourth-order valence-corrected chi connectivity index (χ4v) is 6.12. The Bertz CT molecular complexity index is 1440. The van der Waals surface area contributed by atoms with E-state index in [9.17, 15) is 0 Å². The van der Waals surface area contributed by atoms with Crippen molar-refractivity contribution in [3.8, 4) is 11.4 Å². The number of imidazole rings is 1. The van der Waals surface area contributed by atoms with Gasteiger partial charge in [0.2, 0.25) is 0 Å². The highest BCUT2D eigenvalue weighted by Crippen LogP contribution is 2.53. The number of rotatable bonds is 3. The zero-order chi connectivity index (χ0) is 24.6. The fraction of sp³-hybridized carbons (Fsp3) is 0.300. The predicted octanol–water partition coefficient (Wildman–Crippen LogP) is 6.98. The molecule has 0 unspecified atom stereocenters. The third-order valence-electron chi connectivity index (χ3n) is 7.78. The van der Waals surface area contributed by atoms with Gasteiger partial charge in [-0.1, -0.05) is 70.2 Å². The molecule has 0 bridgehead atoms. The molecular formula is C30H34BN4+. The molecule has 4 nitrogen and oxygen atoms in total. The minimum atomic E-state index is -0.00556. The van der Waals surface area contributed by atoms with Gasteiger partial charge in [-0.3, -0.25) is 4.48 Å². The Labute approximate surface area is 209 Å². The molecule has 0 saturated carbocycles. The van der Waals surface area contributed by atoms with Crippen molar-refractivity contribution in [2.24, 2.45) is 7.05 Å². The van der Waals surface area contributed by atoms with Crippen molar-refractivity contribution in [3.05, 3.63) is 89.2 Å². The highest BCUT2D eigenvalue weighted by atomic mass is 15.4. The summed E-state index contributed by atoms with van der Waals surface area (Å²) in [5.74, 6) is 2.10. The number of benzene rings is 3. The molecule has 0 atom stereocenters. The summed E-state index contributed by atoms with van der Waals surface area (Å²) in [5.41, 5.74) is 11.9. The van der Waals surface area contributed by atoms with E-state index in [1.54, 1.807) is 0 Å². The van der Waals surface area contributed by atoms with Gasteiger partial charge in [0.15, 0.2) is 0 Å². The molecule has 0 spiro atoms. The summed E-state index contributed by atoms with van der Waals surface area (Å²) in [5, 5.41) is 0. The lowest BCUT2D eigenvalue weighted by Gasteiger charge is -2.34. The van der Waals surface area contributed by atoms with E-state index in [4.69, 9.17) is 0 Å². The first-order valence-electron chi connectivity index (χ1n) is 12.8. The summed E-state index contributed by atoms with van der Waals surface area (Å²) < 4.78 is 4.75. The number of hydrogen-bond acceptors (Lipinski definition) is 2. The summed E-state index contributed by atoms with van der Waals surface area (Å²) in [6.45, 7) is 13.7. The van der Waals surface area contributed by atoms with Crippen molar-refractivity contribution >= 4 is 29.9 Å². The van der Waals surface area contributed by atoms with Gasteiger partial charge in [-0.15, -0.1) is 0 Å². The van der Waals surface area contributed by atoms with E-state index in [2.05, 4.69) is 134 Å². The van der Waals surface area contributed by atoms with Gasteiger partial charge in [0, 0.05) is 5.69 Å². The summed E-state index contributed by atoms with van der Waals surface area (Å²) >= 11 is 0. The van der Waals surface area contributed by atoms with Crippen molar-refractivity contribution in [1.82, 2.24) is 4.57 Å².